The third kappa shape index (κ3) is 60.1. The van der Waals surface area contributed by atoms with Gasteiger partial charge in [0, 0.05) is 12.8 Å². The summed E-state index contributed by atoms with van der Waals surface area (Å²) in [6.07, 6.45) is 77.9. The number of carbonyl (C=O) groups excluding carboxylic acids is 2. The largest absolute Gasteiger partial charge is 0.472 e. The molecule has 0 bridgehead atoms. The van der Waals surface area contributed by atoms with Crippen LogP contribution in [-0.4, -0.2) is 74.3 Å². The van der Waals surface area contributed by atoms with Gasteiger partial charge >= 0.3 is 13.8 Å². The highest BCUT2D eigenvalue weighted by molar-refractivity contribution is 7.47. The Hall–Kier alpha value is -2.55. The fourth-order valence-electron chi connectivity index (χ4n) is 9.69. The molecule has 10 heteroatoms. The molecule has 0 spiro atoms. The van der Waals surface area contributed by atoms with Crippen molar-refractivity contribution in [1.29, 1.82) is 0 Å². The van der Waals surface area contributed by atoms with Gasteiger partial charge in [0.05, 0.1) is 33.8 Å². The van der Waals surface area contributed by atoms with Crippen LogP contribution in [0.5, 0.6) is 0 Å². The van der Waals surface area contributed by atoms with Crippen LogP contribution in [0.2, 0.25) is 0 Å². The highest BCUT2D eigenvalue weighted by Crippen LogP contribution is 2.43. The number of nitrogens with one attached hydrogen (secondary N) is 1. The molecule has 0 aliphatic heterocycles. The summed E-state index contributed by atoms with van der Waals surface area (Å²) in [7, 11) is 1.48. The highest BCUT2D eigenvalue weighted by Gasteiger charge is 2.30. The molecular weight excluding hydrogens is 1010 g/mol. The molecule has 0 saturated heterocycles. The van der Waals surface area contributed by atoms with Crippen LogP contribution in [0.15, 0.2) is 72.9 Å². The zero-order valence-corrected chi connectivity index (χ0v) is 54.2. The van der Waals surface area contributed by atoms with Crippen molar-refractivity contribution in [2.24, 2.45) is 0 Å². The monoisotopic (exact) mass is 1140 g/mol. The summed E-state index contributed by atoms with van der Waals surface area (Å²) in [5.74, 6) is -0.535. The molecule has 0 saturated carbocycles. The van der Waals surface area contributed by atoms with Crippen molar-refractivity contribution in [2.45, 2.75) is 322 Å². The van der Waals surface area contributed by atoms with E-state index in [9.17, 15) is 19.0 Å². The van der Waals surface area contributed by atoms with Crippen LogP contribution in [0.4, 0.5) is 0 Å². The number of phosphoric acid groups is 1. The number of quaternary nitrogens is 1. The van der Waals surface area contributed by atoms with Gasteiger partial charge in [-0.3, -0.25) is 18.6 Å². The Morgan fingerprint density at radius 1 is 0.450 bits per heavy atom. The number of hydrogen-bond acceptors (Lipinski definition) is 6. The van der Waals surface area contributed by atoms with E-state index in [0.29, 0.717) is 23.9 Å². The third-order valence-corrected chi connectivity index (χ3v) is 15.9. The second-order valence-corrected chi connectivity index (χ2v) is 25.4. The number of esters is 1. The molecule has 466 valence electrons. The number of hydrogen-bond donors (Lipinski definition) is 2. The van der Waals surface area contributed by atoms with Crippen LogP contribution in [0.3, 0.4) is 0 Å². The summed E-state index contributed by atoms with van der Waals surface area (Å²) in [5.41, 5.74) is 0. The van der Waals surface area contributed by atoms with Crippen molar-refractivity contribution < 1.29 is 37.3 Å². The molecule has 0 aromatic rings. The van der Waals surface area contributed by atoms with Crippen LogP contribution >= 0.6 is 7.82 Å². The van der Waals surface area contributed by atoms with E-state index in [1.54, 1.807) is 0 Å². The van der Waals surface area contributed by atoms with Crippen molar-refractivity contribution in [3.63, 3.8) is 0 Å². The van der Waals surface area contributed by atoms with Gasteiger partial charge in [0.15, 0.2) is 0 Å². The number of unbranched alkanes of at least 4 members (excludes halogenated alkanes) is 35. The number of nitrogens with zero attached hydrogens (tertiary/aromatic N) is 1. The van der Waals surface area contributed by atoms with Crippen LogP contribution in [-0.2, 0) is 27.9 Å². The van der Waals surface area contributed by atoms with Gasteiger partial charge in [-0.1, -0.05) is 274 Å². The maximum Gasteiger partial charge on any atom is 0.472 e. The second kappa shape index (κ2) is 59.6. The van der Waals surface area contributed by atoms with Crippen molar-refractivity contribution in [3.05, 3.63) is 72.9 Å². The Morgan fingerprint density at radius 2 is 0.800 bits per heavy atom. The molecule has 0 radical (unpaired) electrons. The predicted octanol–water partition coefficient (Wildman–Crippen LogP) is 21.2. The van der Waals surface area contributed by atoms with Crippen LogP contribution in [0, 0.1) is 0 Å². The number of allylic oxidation sites excluding steroid dienone is 11. The van der Waals surface area contributed by atoms with Crippen LogP contribution in [0.25, 0.3) is 0 Å². The van der Waals surface area contributed by atoms with Gasteiger partial charge in [0.1, 0.15) is 19.3 Å². The summed E-state index contributed by atoms with van der Waals surface area (Å²) in [5, 5.41) is 3.04. The molecule has 3 unspecified atom stereocenters. The molecule has 0 aliphatic carbocycles. The maximum absolute atomic E-state index is 13.5. The first-order valence-electron chi connectivity index (χ1n) is 33.8. The average molecular weight is 1140 g/mol. The van der Waals surface area contributed by atoms with Crippen molar-refractivity contribution >= 4 is 19.7 Å². The lowest BCUT2D eigenvalue weighted by Crippen LogP contribution is -2.47. The van der Waals surface area contributed by atoms with E-state index in [4.69, 9.17) is 13.8 Å². The zero-order chi connectivity index (χ0) is 58.6. The Labute approximate surface area is 495 Å². The van der Waals surface area contributed by atoms with E-state index in [1.807, 2.05) is 33.3 Å². The van der Waals surface area contributed by atoms with Crippen molar-refractivity contribution in [1.82, 2.24) is 5.32 Å². The molecule has 0 fully saturated rings. The molecule has 0 aromatic carbocycles. The van der Waals surface area contributed by atoms with Crippen LogP contribution in [0.1, 0.15) is 310 Å². The molecule has 2 N–H and O–H groups in total. The van der Waals surface area contributed by atoms with E-state index in [1.165, 1.54) is 186 Å². The Balaban J connectivity index is 5.02. The lowest BCUT2D eigenvalue weighted by Gasteiger charge is -2.27. The molecule has 0 aromatic heterocycles. The average Bonchev–Trinajstić information content (AvgIpc) is 3.43. The number of likely N-dealkylation sites (N-methyl/N-ethyl adjacent to an activating group) is 1. The van der Waals surface area contributed by atoms with Gasteiger partial charge in [-0.2, -0.15) is 0 Å². The number of amides is 1. The van der Waals surface area contributed by atoms with E-state index in [-0.39, 0.29) is 31.5 Å². The molecule has 0 heterocycles. The van der Waals surface area contributed by atoms with E-state index in [2.05, 4.69) is 86.8 Å². The highest BCUT2D eigenvalue weighted by atomic mass is 31.2. The predicted molar refractivity (Wildman–Crippen MR) is 346 cm³/mol. The quantitative estimate of drug-likeness (QED) is 0.0205. The fourth-order valence-corrected chi connectivity index (χ4v) is 10.4. The van der Waals surface area contributed by atoms with Gasteiger partial charge in [-0.25, -0.2) is 4.57 Å². The normalized spacial score (nSPS) is 14.0. The fraction of sp³-hybridized carbons (Fsp3) is 0.800. The molecule has 1 amide bonds. The van der Waals surface area contributed by atoms with E-state index in [0.717, 1.165) is 83.5 Å². The lowest BCUT2D eigenvalue weighted by molar-refractivity contribution is -0.870. The minimum absolute atomic E-state index is 0.0325. The maximum atomic E-state index is 13.5. The minimum Gasteiger partial charge on any atom is -0.456 e. The number of ether oxygens (including phenoxy) is 1. The standard InChI is InChI=1S/C70H129N2O7P/c1-7-10-13-16-19-22-25-27-29-31-32-33-34-35-36-37-38-39-40-41-43-45-48-51-54-57-60-63-70(74)79-68(61-58-55-52-49-46-24-21-18-15-12-9-3)67(66-78-80(75,76)77-65-64-72(4,5)6)71-69(73)62-59-56-53-50-47-44-42-30-28-26-23-20-17-14-11-8-2/h11,14,20,23,27-30,44,47,58,61,67-68H,7-10,12-13,15-19,21-22,24-26,31-43,45-46,48-57,59-60,62-66H2,1-6H3,(H-,71,73,75,76)/p+1/b14-11+,23-20+,29-27+,30-28+,47-44+,61-58-. The van der Waals surface area contributed by atoms with Gasteiger partial charge in [0.25, 0.3) is 0 Å². The summed E-state index contributed by atoms with van der Waals surface area (Å²) in [6, 6.07) is -0.866. The molecular formula is C70H130N2O7P+. The van der Waals surface area contributed by atoms with Crippen molar-refractivity contribution in [2.75, 3.05) is 40.9 Å². The van der Waals surface area contributed by atoms with Gasteiger partial charge in [-0.05, 0) is 96.0 Å². The smallest absolute Gasteiger partial charge is 0.456 e. The SMILES string of the molecule is CC/C=C/C/C=C/C/C=C/C/C=C/CCCCCC(=O)NC(COP(=O)(O)OCC[N+](C)(C)C)C(/C=C\CCCCCCCCCCC)OC(=O)CCCCCCCCCCCCCCCCCCC/C=C/CCCCCCCC. The molecule has 3 atom stereocenters. The minimum atomic E-state index is -4.46. The Morgan fingerprint density at radius 3 is 1.23 bits per heavy atom. The summed E-state index contributed by atoms with van der Waals surface area (Å²) in [4.78, 5) is 37.7. The second-order valence-electron chi connectivity index (χ2n) is 24.0. The topological polar surface area (TPSA) is 111 Å². The summed E-state index contributed by atoms with van der Waals surface area (Å²) >= 11 is 0. The lowest BCUT2D eigenvalue weighted by atomic mass is 10.0. The summed E-state index contributed by atoms with van der Waals surface area (Å²) < 4.78 is 30.7. The molecule has 80 heavy (non-hydrogen) atoms. The third-order valence-electron chi connectivity index (χ3n) is 14.9. The zero-order valence-electron chi connectivity index (χ0n) is 53.3. The van der Waals surface area contributed by atoms with E-state index < -0.39 is 20.0 Å². The first-order valence-corrected chi connectivity index (χ1v) is 35.3. The van der Waals surface area contributed by atoms with Gasteiger partial charge in [-0.15, -0.1) is 0 Å². The summed E-state index contributed by atoms with van der Waals surface area (Å²) in [6.45, 7) is 6.89. The van der Waals surface area contributed by atoms with E-state index >= 15 is 0 Å². The molecule has 0 aliphatic rings. The molecule has 0 rings (SSSR count). The first kappa shape index (κ1) is 77.5. The Kier molecular flexibility index (Phi) is 57.7. The number of phosphoric ester groups is 1. The van der Waals surface area contributed by atoms with Crippen LogP contribution < -0.4 is 5.32 Å². The van der Waals surface area contributed by atoms with Gasteiger partial charge in [0.2, 0.25) is 5.91 Å². The Bertz CT molecular complexity index is 1600. The molecule has 9 nitrogen and oxygen atoms in total. The number of rotatable bonds is 61. The van der Waals surface area contributed by atoms with Crippen molar-refractivity contribution in [3.8, 4) is 0 Å². The first-order chi connectivity index (χ1) is 38.9. The van der Waals surface area contributed by atoms with Gasteiger partial charge < -0.3 is 19.4 Å². The number of carbonyl (C=O) groups is 2.